The van der Waals surface area contributed by atoms with Crippen molar-refractivity contribution in [3.8, 4) is 11.3 Å². The second-order valence-electron chi connectivity index (χ2n) is 5.25. The lowest BCUT2D eigenvalue weighted by Gasteiger charge is -2.11. The first-order valence-corrected chi connectivity index (χ1v) is 7.64. The van der Waals surface area contributed by atoms with E-state index < -0.39 is 0 Å². The van der Waals surface area contributed by atoms with Crippen LogP contribution in [0, 0.1) is 11.8 Å². The lowest BCUT2D eigenvalue weighted by Crippen LogP contribution is -2.12. The van der Waals surface area contributed by atoms with Crippen molar-refractivity contribution in [2.75, 3.05) is 0 Å². The Balaban J connectivity index is 1.74. The zero-order chi connectivity index (χ0) is 13.2. The number of carbonyl (C=O) groups excluding carboxylic acids is 1. The van der Waals surface area contributed by atoms with Crippen molar-refractivity contribution in [2.24, 2.45) is 11.8 Å². The molecule has 2 unspecified atom stereocenters. The van der Waals surface area contributed by atoms with Gasteiger partial charge in [0.15, 0.2) is 0 Å². The number of hydrogen-bond acceptors (Lipinski definition) is 3. The van der Waals surface area contributed by atoms with Crippen LogP contribution in [-0.4, -0.2) is 10.8 Å². The summed E-state index contributed by atoms with van der Waals surface area (Å²) in [4.78, 5) is 16.3. The summed E-state index contributed by atoms with van der Waals surface area (Å²) < 4.78 is 0. The summed E-state index contributed by atoms with van der Waals surface area (Å²) in [6, 6.07) is 10.3. The van der Waals surface area contributed by atoms with Gasteiger partial charge in [-0.1, -0.05) is 37.3 Å². The van der Waals surface area contributed by atoms with Crippen molar-refractivity contribution < 1.29 is 4.79 Å². The quantitative estimate of drug-likeness (QED) is 0.845. The number of Topliss-reactive ketones (excluding diaryl/α,β-unsaturated/α-hetero) is 1. The van der Waals surface area contributed by atoms with Crippen LogP contribution in [0.4, 0.5) is 0 Å². The van der Waals surface area contributed by atoms with Crippen LogP contribution in [-0.2, 0) is 11.2 Å². The molecule has 2 nitrogen and oxygen atoms in total. The summed E-state index contributed by atoms with van der Waals surface area (Å²) in [6.45, 7) is 2.06. The van der Waals surface area contributed by atoms with Crippen LogP contribution < -0.4 is 0 Å². The first-order valence-electron chi connectivity index (χ1n) is 6.76. The van der Waals surface area contributed by atoms with E-state index in [1.54, 1.807) is 11.3 Å². The summed E-state index contributed by atoms with van der Waals surface area (Å²) in [5.41, 5.74) is 2.22. The molecule has 19 heavy (non-hydrogen) atoms. The third-order valence-corrected chi connectivity index (χ3v) is 4.91. The molecule has 1 heterocycles. The van der Waals surface area contributed by atoms with E-state index in [-0.39, 0.29) is 5.92 Å². The fourth-order valence-corrected chi connectivity index (χ4v) is 3.62. The fraction of sp³-hybridized carbons (Fsp3) is 0.375. The fourth-order valence-electron chi connectivity index (χ4n) is 2.72. The van der Waals surface area contributed by atoms with Gasteiger partial charge in [-0.15, -0.1) is 11.3 Å². The van der Waals surface area contributed by atoms with Crippen molar-refractivity contribution in [3.63, 3.8) is 0 Å². The average Bonchev–Trinajstić information content (AvgIpc) is 3.02. The second kappa shape index (κ2) is 5.25. The molecule has 2 aromatic rings. The number of ketones is 1. The highest BCUT2D eigenvalue weighted by molar-refractivity contribution is 7.09. The van der Waals surface area contributed by atoms with Crippen molar-refractivity contribution in [3.05, 3.63) is 40.7 Å². The largest absolute Gasteiger partial charge is 0.299 e. The molecule has 0 bridgehead atoms. The van der Waals surface area contributed by atoms with Crippen LogP contribution in [0.25, 0.3) is 11.3 Å². The Morgan fingerprint density at radius 2 is 2.11 bits per heavy atom. The van der Waals surface area contributed by atoms with Gasteiger partial charge in [0.05, 0.1) is 10.7 Å². The molecule has 3 rings (SSSR count). The number of nitrogens with zero attached hydrogens (tertiary/aromatic N) is 1. The minimum atomic E-state index is 0.212. The topological polar surface area (TPSA) is 30.0 Å². The number of benzene rings is 1. The van der Waals surface area contributed by atoms with E-state index in [4.69, 9.17) is 4.98 Å². The van der Waals surface area contributed by atoms with Gasteiger partial charge >= 0.3 is 0 Å². The van der Waals surface area contributed by atoms with Gasteiger partial charge in [-0.2, -0.15) is 0 Å². The molecule has 1 fully saturated rings. The minimum absolute atomic E-state index is 0.212. The SMILES string of the molecule is CC1C(=O)CCC1Cc1nc(-c2ccccc2)cs1. The molecule has 0 radical (unpaired) electrons. The molecule has 1 aliphatic rings. The molecule has 1 aromatic heterocycles. The molecule has 1 aliphatic carbocycles. The first kappa shape index (κ1) is 12.5. The van der Waals surface area contributed by atoms with E-state index in [0.29, 0.717) is 11.7 Å². The molecular weight excluding hydrogens is 254 g/mol. The summed E-state index contributed by atoms with van der Waals surface area (Å²) >= 11 is 1.71. The molecule has 0 amide bonds. The monoisotopic (exact) mass is 271 g/mol. The van der Waals surface area contributed by atoms with E-state index >= 15 is 0 Å². The van der Waals surface area contributed by atoms with Gasteiger partial charge in [0.25, 0.3) is 0 Å². The van der Waals surface area contributed by atoms with E-state index in [1.165, 1.54) is 5.56 Å². The van der Waals surface area contributed by atoms with Gasteiger partial charge in [0.1, 0.15) is 5.78 Å². The summed E-state index contributed by atoms with van der Waals surface area (Å²) in [5, 5.41) is 3.27. The Morgan fingerprint density at radius 1 is 1.32 bits per heavy atom. The third-order valence-electron chi connectivity index (χ3n) is 4.03. The van der Waals surface area contributed by atoms with Crippen LogP contribution in [0.2, 0.25) is 0 Å². The van der Waals surface area contributed by atoms with Crippen LogP contribution in [0.3, 0.4) is 0 Å². The molecule has 0 saturated heterocycles. The second-order valence-corrected chi connectivity index (χ2v) is 6.19. The molecule has 1 aromatic carbocycles. The van der Waals surface area contributed by atoms with Crippen molar-refractivity contribution >= 4 is 17.1 Å². The van der Waals surface area contributed by atoms with Gasteiger partial charge < -0.3 is 0 Å². The van der Waals surface area contributed by atoms with Gasteiger partial charge in [-0.3, -0.25) is 4.79 Å². The first-order chi connectivity index (χ1) is 9.24. The Kier molecular flexibility index (Phi) is 3.47. The van der Waals surface area contributed by atoms with E-state index in [2.05, 4.69) is 24.4 Å². The Hall–Kier alpha value is -1.48. The molecule has 3 heteroatoms. The Morgan fingerprint density at radius 3 is 2.79 bits per heavy atom. The predicted octanol–water partition coefficient (Wildman–Crippen LogP) is 3.97. The van der Waals surface area contributed by atoms with Gasteiger partial charge in [-0.05, 0) is 12.3 Å². The zero-order valence-electron chi connectivity index (χ0n) is 11.0. The van der Waals surface area contributed by atoms with Crippen LogP contribution >= 0.6 is 11.3 Å². The van der Waals surface area contributed by atoms with Crippen LogP contribution in [0.5, 0.6) is 0 Å². The Bertz CT molecular complexity index is 575. The highest BCUT2D eigenvalue weighted by atomic mass is 32.1. The summed E-state index contributed by atoms with van der Waals surface area (Å²) in [7, 11) is 0. The van der Waals surface area contributed by atoms with E-state index in [0.717, 1.165) is 30.0 Å². The van der Waals surface area contributed by atoms with E-state index in [9.17, 15) is 4.79 Å². The molecule has 0 spiro atoms. The maximum atomic E-state index is 11.6. The number of aromatic nitrogens is 1. The molecule has 0 N–H and O–H groups in total. The molecular formula is C16H17NOS. The highest BCUT2D eigenvalue weighted by Gasteiger charge is 2.31. The lowest BCUT2D eigenvalue weighted by atomic mass is 9.95. The molecule has 0 aliphatic heterocycles. The van der Waals surface area contributed by atoms with Gasteiger partial charge in [0, 0.05) is 29.7 Å². The highest BCUT2D eigenvalue weighted by Crippen LogP contribution is 2.32. The number of carbonyl (C=O) groups is 1. The van der Waals surface area contributed by atoms with Crippen LogP contribution in [0.1, 0.15) is 24.8 Å². The number of hydrogen-bond donors (Lipinski definition) is 0. The summed E-state index contributed by atoms with van der Waals surface area (Å²) in [5.74, 6) is 1.12. The van der Waals surface area contributed by atoms with E-state index in [1.807, 2.05) is 18.2 Å². The molecule has 1 saturated carbocycles. The van der Waals surface area contributed by atoms with Crippen molar-refractivity contribution in [2.45, 2.75) is 26.2 Å². The molecule has 2 atom stereocenters. The normalized spacial score (nSPS) is 22.9. The minimum Gasteiger partial charge on any atom is -0.299 e. The zero-order valence-corrected chi connectivity index (χ0v) is 11.8. The number of thiazole rings is 1. The third kappa shape index (κ3) is 2.61. The summed E-state index contributed by atoms with van der Waals surface area (Å²) in [6.07, 6.45) is 2.73. The lowest BCUT2D eigenvalue weighted by molar-refractivity contribution is -0.120. The van der Waals surface area contributed by atoms with Gasteiger partial charge in [0.2, 0.25) is 0 Å². The molecule has 98 valence electrons. The maximum absolute atomic E-state index is 11.6. The average molecular weight is 271 g/mol. The predicted molar refractivity (Wildman–Crippen MR) is 78.1 cm³/mol. The van der Waals surface area contributed by atoms with Gasteiger partial charge in [-0.25, -0.2) is 4.98 Å². The van der Waals surface area contributed by atoms with Crippen LogP contribution in [0.15, 0.2) is 35.7 Å². The standard InChI is InChI=1S/C16H17NOS/c1-11-13(7-8-15(11)18)9-16-17-14(10-19-16)12-5-3-2-4-6-12/h2-6,10-11,13H,7-9H2,1H3. The smallest absolute Gasteiger partial charge is 0.136 e. The van der Waals surface area contributed by atoms with Crippen molar-refractivity contribution in [1.82, 2.24) is 4.98 Å². The van der Waals surface area contributed by atoms with Crippen molar-refractivity contribution in [1.29, 1.82) is 0 Å². The maximum Gasteiger partial charge on any atom is 0.136 e. The Labute approximate surface area is 117 Å². The number of rotatable bonds is 3.